The molecule has 1 N–H and O–H groups in total. The van der Waals surface area contributed by atoms with Gasteiger partial charge in [0.05, 0.1) is 21.0 Å². The number of thiazole rings is 1. The first-order chi connectivity index (χ1) is 14.1. The van der Waals surface area contributed by atoms with E-state index in [9.17, 15) is 18.0 Å². The molecule has 0 aliphatic carbocycles. The Morgan fingerprint density at radius 1 is 1.20 bits per heavy atom. The van der Waals surface area contributed by atoms with Crippen LogP contribution in [0.5, 0.6) is 0 Å². The molecule has 1 fully saturated rings. The van der Waals surface area contributed by atoms with Gasteiger partial charge in [0.2, 0.25) is 11.8 Å². The van der Waals surface area contributed by atoms with Crippen LogP contribution in [0.4, 0.5) is 10.8 Å². The lowest BCUT2D eigenvalue weighted by Gasteiger charge is -2.19. The molecule has 2 aromatic carbocycles. The topological polar surface area (TPSA) is 96.4 Å². The summed E-state index contributed by atoms with van der Waals surface area (Å²) in [5.74, 6) is -0.820. The number of anilines is 2. The van der Waals surface area contributed by atoms with E-state index in [1.54, 1.807) is 17.0 Å². The van der Waals surface area contributed by atoms with Gasteiger partial charge < -0.3 is 10.2 Å². The molecule has 1 aromatic heterocycles. The van der Waals surface area contributed by atoms with E-state index in [0.717, 1.165) is 23.1 Å². The van der Waals surface area contributed by atoms with Gasteiger partial charge in [-0.25, -0.2) is 13.4 Å². The maximum absolute atomic E-state index is 12.8. The van der Waals surface area contributed by atoms with Gasteiger partial charge in [-0.1, -0.05) is 29.0 Å². The molecule has 9 heteroatoms. The van der Waals surface area contributed by atoms with E-state index in [1.807, 2.05) is 32.0 Å². The van der Waals surface area contributed by atoms with Crippen LogP contribution in [0.2, 0.25) is 0 Å². The Labute approximate surface area is 178 Å². The largest absolute Gasteiger partial charge is 0.311 e. The quantitative estimate of drug-likeness (QED) is 0.667. The maximum Gasteiger partial charge on any atom is 0.231 e. The molecule has 2 heterocycles. The molecule has 4 rings (SSSR count). The third-order valence-electron chi connectivity index (χ3n) is 5.16. The summed E-state index contributed by atoms with van der Waals surface area (Å²) in [7, 11) is -3.32. The number of sulfone groups is 1. The van der Waals surface area contributed by atoms with Crippen molar-refractivity contribution in [3.63, 3.8) is 0 Å². The Balaban J connectivity index is 1.51. The first-order valence-corrected chi connectivity index (χ1v) is 12.1. The van der Waals surface area contributed by atoms with E-state index >= 15 is 0 Å². The third kappa shape index (κ3) is 3.95. The number of fused-ring (bicyclic) bond motifs is 1. The highest BCUT2D eigenvalue weighted by molar-refractivity contribution is 7.90. The molecule has 0 spiro atoms. The van der Waals surface area contributed by atoms with Crippen molar-refractivity contribution < 1.29 is 18.0 Å². The number of hydrogen-bond donors (Lipinski definition) is 1. The van der Waals surface area contributed by atoms with E-state index in [0.29, 0.717) is 21.9 Å². The van der Waals surface area contributed by atoms with E-state index in [4.69, 9.17) is 0 Å². The summed E-state index contributed by atoms with van der Waals surface area (Å²) in [6.45, 7) is 4.27. The average Bonchev–Trinajstić information content (AvgIpc) is 3.23. The lowest BCUT2D eigenvalue weighted by Crippen LogP contribution is -2.28. The van der Waals surface area contributed by atoms with Crippen molar-refractivity contribution in [1.29, 1.82) is 0 Å². The lowest BCUT2D eigenvalue weighted by atomic mass is 10.1. The second-order valence-electron chi connectivity index (χ2n) is 7.61. The number of aryl methyl sites for hydroxylation is 2. The predicted octanol–water partition coefficient (Wildman–Crippen LogP) is 3.31. The molecule has 0 radical (unpaired) electrons. The van der Waals surface area contributed by atoms with Crippen LogP contribution in [0.15, 0.2) is 41.3 Å². The zero-order valence-corrected chi connectivity index (χ0v) is 18.4. The molecule has 1 atom stereocenters. The molecular weight excluding hydrogens is 422 g/mol. The van der Waals surface area contributed by atoms with Crippen molar-refractivity contribution in [2.45, 2.75) is 25.2 Å². The zero-order valence-electron chi connectivity index (χ0n) is 16.8. The number of benzene rings is 2. The predicted molar refractivity (Wildman–Crippen MR) is 118 cm³/mol. The molecule has 3 aromatic rings. The maximum atomic E-state index is 12.8. The van der Waals surface area contributed by atoms with E-state index in [-0.39, 0.29) is 23.1 Å². The third-order valence-corrected chi connectivity index (χ3v) is 7.20. The minimum Gasteiger partial charge on any atom is -0.311 e. The number of nitrogens with one attached hydrogen (secondary N) is 1. The van der Waals surface area contributed by atoms with Gasteiger partial charge in [0.25, 0.3) is 0 Å². The molecule has 156 valence electrons. The van der Waals surface area contributed by atoms with Gasteiger partial charge in [-0.15, -0.1) is 0 Å². The fraction of sp³-hybridized carbons (Fsp3) is 0.286. The van der Waals surface area contributed by atoms with Crippen LogP contribution in [-0.2, 0) is 19.4 Å². The highest BCUT2D eigenvalue weighted by Gasteiger charge is 2.36. The highest BCUT2D eigenvalue weighted by atomic mass is 32.2. The van der Waals surface area contributed by atoms with Gasteiger partial charge in [0, 0.05) is 24.9 Å². The second kappa shape index (κ2) is 7.48. The van der Waals surface area contributed by atoms with Crippen LogP contribution in [0.1, 0.15) is 17.5 Å². The molecule has 1 aliphatic rings. The number of aromatic nitrogens is 1. The summed E-state index contributed by atoms with van der Waals surface area (Å²) in [4.78, 5) is 31.5. The Morgan fingerprint density at radius 3 is 2.67 bits per heavy atom. The van der Waals surface area contributed by atoms with Crippen molar-refractivity contribution in [1.82, 2.24) is 4.98 Å². The van der Waals surface area contributed by atoms with Crippen molar-refractivity contribution in [3.05, 3.63) is 47.5 Å². The number of rotatable bonds is 4. The van der Waals surface area contributed by atoms with Gasteiger partial charge in [-0.3, -0.25) is 9.59 Å². The smallest absolute Gasteiger partial charge is 0.231 e. The molecule has 0 bridgehead atoms. The molecule has 1 saturated heterocycles. The van der Waals surface area contributed by atoms with Gasteiger partial charge in [-0.2, -0.15) is 0 Å². The minimum atomic E-state index is -3.32. The Kier molecular flexibility index (Phi) is 5.11. The van der Waals surface area contributed by atoms with E-state index in [1.165, 1.54) is 17.4 Å². The molecule has 30 heavy (non-hydrogen) atoms. The number of carbonyl (C=O) groups is 2. The number of carbonyl (C=O) groups excluding carboxylic acids is 2. The SMILES string of the molecule is Cc1ccc(N2CC(C(=O)Nc3nc4ccc(S(C)(=O)=O)cc4s3)CC2=O)c(C)c1. The van der Waals surface area contributed by atoms with Crippen LogP contribution < -0.4 is 10.2 Å². The standard InChI is InChI=1S/C21H21N3O4S2/c1-12-4-7-17(13(2)8-12)24-11-14(9-19(24)25)20(26)23-21-22-16-6-5-15(30(3,27)28)10-18(16)29-21/h4-8,10,14H,9,11H2,1-3H3,(H,22,23,26). The number of nitrogens with zero attached hydrogens (tertiary/aromatic N) is 2. The summed E-state index contributed by atoms with van der Waals surface area (Å²) in [5, 5.41) is 3.18. The van der Waals surface area contributed by atoms with Crippen molar-refractivity contribution in [3.8, 4) is 0 Å². The van der Waals surface area contributed by atoms with Crippen LogP contribution in [-0.4, -0.2) is 38.0 Å². The number of amides is 2. The first-order valence-electron chi connectivity index (χ1n) is 9.41. The molecule has 1 unspecified atom stereocenters. The van der Waals surface area contributed by atoms with E-state index < -0.39 is 15.8 Å². The molecular formula is C21H21N3O4S2. The molecule has 7 nitrogen and oxygen atoms in total. The monoisotopic (exact) mass is 443 g/mol. The average molecular weight is 444 g/mol. The fourth-order valence-corrected chi connectivity index (χ4v) is 5.25. The van der Waals surface area contributed by atoms with Crippen LogP contribution in [0.3, 0.4) is 0 Å². The first kappa shape index (κ1) is 20.5. The van der Waals surface area contributed by atoms with E-state index in [2.05, 4.69) is 10.3 Å². The second-order valence-corrected chi connectivity index (χ2v) is 10.7. The number of hydrogen-bond acceptors (Lipinski definition) is 6. The van der Waals surface area contributed by atoms with Crippen LogP contribution in [0.25, 0.3) is 10.2 Å². The van der Waals surface area contributed by atoms with Gasteiger partial charge in [-0.05, 0) is 43.7 Å². The van der Waals surface area contributed by atoms with Crippen LogP contribution in [0, 0.1) is 19.8 Å². The summed E-state index contributed by atoms with van der Waals surface area (Å²) in [5.41, 5.74) is 3.56. The van der Waals surface area contributed by atoms with Gasteiger partial charge in [0.15, 0.2) is 15.0 Å². The van der Waals surface area contributed by atoms with Crippen molar-refractivity contribution >= 4 is 54.0 Å². The van der Waals surface area contributed by atoms with Gasteiger partial charge >= 0.3 is 0 Å². The minimum absolute atomic E-state index is 0.0794. The molecule has 2 amide bonds. The Hall–Kier alpha value is -2.78. The van der Waals surface area contributed by atoms with Crippen LogP contribution >= 0.6 is 11.3 Å². The lowest BCUT2D eigenvalue weighted by molar-refractivity contribution is -0.122. The van der Waals surface area contributed by atoms with Gasteiger partial charge in [0.1, 0.15) is 0 Å². The summed E-state index contributed by atoms with van der Waals surface area (Å²) in [6, 6.07) is 10.6. The summed E-state index contributed by atoms with van der Waals surface area (Å²) < 4.78 is 24.1. The molecule has 1 aliphatic heterocycles. The summed E-state index contributed by atoms with van der Waals surface area (Å²) in [6.07, 6.45) is 1.29. The highest BCUT2D eigenvalue weighted by Crippen LogP contribution is 2.31. The Morgan fingerprint density at radius 2 is 1.97 bits per heavy atom. The zero-order chi connectivity index (χ0) is 21.6. The molecule has 0 saturated carbocycles. The fourth-order valence-electron chi connectivity index (χ4n) is 3.62. The van der Waals surface area contributed by atoms with Crippen molar-refractivity contribution in [2.24, 2.45) is 5.92 Å². The normalized spacial score (nSPS) is 17.0. The summed E-state index contributed by atoms with van der Waals surface area (Å²) >= 11 is 1.21. The Bertz CT molecular complexity index is 1280. The van der Waals surface area contributed by atoms with Crippen molar-refractivity contribution in [2.75, 3.05) is 23.0 Å².